The summed E-state index contributed by atoms with van der Waals surface area (Å²) in [5.41, 5.74) is 1.69. The molecule has 58 valence electrons. The van der Waals surface area contributed by atoms with Gasteiger partial charge in [-0.15, -0.1) is 0 Å². The average Bonchev–Trinajstić information content (AvgIpc) is 2.30. The fourth-order valence-corrected chi connectivity index (χ4v) is 1.10. The summed E-state index contributed by atoms with van der Waals surface area (Å²) in [7, 11) is 0. The Morgan fingerprint density at radius 3 is 2.64 bits per heavy atom. The molecule has 0 amide bonds. The van der Waals surface area contributed by atoms with Crippen LogP contribution in [0.4, 0.5) is 0 Å². The van der Waals surface area contributed by atoms with Crippen LogP contribution in [-0.4, -0.2) is 17.1 Å². The molecule has 0 aromatic carbocycles. The Hall–Kier alpha value is -1.38. The van der Waals surface area contributed by atoms with E-state index in [0.717, 1.165) is 5.56 Å². The first-order valence-corrected chi connectivity index (χ1v) is 3.31. The monoisotopic (exact) mass is 151 g/mol. The number of aryl methyl sites for hydroxylation is 1. The molecule has 1 aromatic rings. The number of Topliss-reactive ketones (excluding diaryl/α,β-unsaturated/α-hetero) is 1. The van der Waals surface area contributed by atoms with Crippen LogP contribution in [0.2, 0.25) is 0 Å². The first kappa shape index (κ1) is 7.72. The van der Waals surface area contributed by atoms with Crippen molar-refractivity contribution in [3.05, 3.63) is 23.0 Å². The summed E-state index contributed by atoms with van der Waals surface area (Å²) >= 11 is 0. The molecular weight excluding hydrogens is 142 g/mol. The van der Waals surface area contributed by atoms with Crippen molar-refractivity contribution in [2.24, 2.45) is 0 Å². The predicted molar refractivity (Wildman–Crippen MR) is 40.9 cm³/mol. The van der Waals surface area contributed by atoms with Gasteiger partial charge in [0.2, 0.25) is 0 Å². The van der Waals surface area contributed by atoms with Crippen molar-refractivity contribution in [2.75, 3.05) is 0 Å². The smallest absolute Gasteiger partial charge is 0.167 e. The molecule has 0 atom stereocenters. The zero-order valence-corrected chi connectivity index (χ0v) is 6.47. The Balaban J connectivity index is 3.28. The van der Waals surface area contributed by atoms with Gasteiger partial charge in [-0.2, -0.15) is 0 Å². The summed E-state index contributed by atoms with van der Waals surface area (Å²) < 4.78 is 0. The lowest BCUT2D eigenvalue weighted by molar-refractivity contribution is 0.100. The van der Waals surface area contributed by atoms with Crippen molar-refractivity contribution in [1.82, 2.24) is 4.98 Å². The summed E-state index contributed by atoms with van der Waals surface area (Å²) in [5, 5.41) is 0. The number of H-pyrrole nitrogens is 1. The van der Waals surface area contributed by atoms with Gasteiger partial charge in [0, 0.05) is 11.8 Å². The van der Waals surface area contributed by atoms with Crippen molar-refractivity contribution in [1.29, 1.82) is 0 Å². The fraction of sp³-hybridized carbons (Fsp3) is 0.250. The van der Waals surface area contributed by atoms with E-state index in [4.69, 9.17) is 0 Å². The topological polar surface area (TPSA) is 49.9 Å². The minimum Gasteiger partial charge on any atom is -0.358 e. The van der Waals surface area contributed by atoms with Crippen LogP contribution >= 0.6 is 0 Å². The summed E-state index contributed by atoms with van der Waals surface area (Å²) in [5.74, 6) is -0.0779. The number of aldehydes is 1. The number of ketones is 1. The normalized spacial score (nSPS) is 9.64. The summed E-state index contributed by atoms with van der Waals surface area (Å²) in [6, 6.07) is 0. The van der Waals surface area contributed by atoms with Gasteiger partial charge in [0.15, 0.2) is 12.1 Å². The third-order valence-electron chi connectivity index (χ3n) is 1.58. The molecule has 1 N–H and O–H groups in total. The molecule has 0 unspecified atom stereocenters. The number of hydrogen-bond donors (Lipinski definition) is 1. The van der Waals surface area contributed by atoms with E-state index in [2.05, 4.69) is 4.98 Å². The van der Waals surface area contributed by atoms with Gasteiger partial charge >= 0.3 is 0 Å². The molecule has 3 heteroatoms. The summed E-state index contributed by atoms with van der Waals surface area (Å²) in [6.07, 6.45) is 2.31. The van der Waals surface area contributed by atoms with E-state index in [1.54, 1.807) is 13.1 Å². The lowest BCUT2D eigenvalue weighted by atomic mass is 10.1. The van der Waals surface area contributed by atoms with Crippen molar-refractivity contribution in [3.63, 3.8) is 0 Å². The lowest BCUT2D eigenvalue weighted by Gasteiger charge is -1.92. The second-order valence-electron chi connectivity index (χ2n) is 2.43. The van der Waals surface area contributed by atoms with Crippen LogP contribution in [0.5, 0.6) is 0 Å². The SMILES string of the molecule is CC(=O)c1c(C)c[nH]c1C=O. The zero-order chi connectivity index (χ0) is 8.43. The van der Waals surface area contributed by atoms with Crippen LogP contribution in [0.1, 0.15) is 33.3 Å². The molecule has 0 spiro atoms. The molecule has 0 saturated carbocycles. The van der Waals surface area contributed by atoms with Crippen LogP contribution in [0.25, 0.3) is 0 Å². The van der Waals surface area contributed by atoms with Crippen molar-refractivity contribution >= 4 is 12.1 Å². The number of carbonyl (C=O) groups excluding carboxylic acids is 2. The van der Waals surface area contributed by atoms with Crippen LogP contribution in [-0.2, 0) is 0 Å². The highest BCUT2D eigenvalue weighted by Gasteiger charge is 2.10. The number of aromatic nitrogens is 1. The molecule has 1 aromatic heterocycles. The number of nitrogens with one attached hydrogen (secondary N) is 1. The van der Waals surface area contributed by atoms with Crippen molar-refractivity contribution < 1.29 is 9.59 Å². The molecule has 0 bridgehead atoms. The van der Waals surface area contributed by atoms with Gasteiger partial charge in [0.1, 0.15) is 0 Å². The molecule has 1 heterocycles. The molecule has 0 aliphatic rings. The van der Waals surface area contributed by atoms with Gasteiger partial charge in [-0.1, -0.05) is 0 Å². The van der Waals surface area contributed by atoms with E-state index in [-0.39, 0.29) is 5.78 Å². The zero-order valence-electron chi connectivity index (χ0n) is 6.47. The number of hydrogen-bond acceptors (Lipinski definition) is 2. The Morgan fingerprint density at radius 2 is 2.27 bits per heavy atom. The van der Waals surface area contributed by atoms with Gasteiger partial charge in [-0.05, 0) is 19.4 Å². The van der Waals surface area contributed by atoms with Crippen molar-refractivity contribution in [2.45, 2.75) is 13.8 Å². The maximum absolute atomic E-state index is 10.9. The lowest BCUT2D eigenvalue weighted by Crippen LogP contribution is -1.97. The molecule has 0 aliphatic carbocycles. The van der Waals surface area contributed by atoms with Crippen LogP contribution in [0.15, 0.2) is 6.20 Å². The van der Waals surface area contributed by atoms with Crippen LogP contribution < -0.4 is 0 Å². The minimum absolute atomic E-state index is 0.0779. The Morgan fingerprint density at radius 1 is 1.64 bits per heavy atom. The van der Waals surface area contributed by atoms with Gasteiger partial charge in [-0.25, -0.2) is 0 Å². The van der Waals surface area contributed by atoms with E-state index < -0.39 is 0 Å². The largest absolute Gasteiger partial charge is 0.358 e. The number of rotatable bonds is 2. The highest BCUT2D eigenvalue weighted by atomic mass is 16.1. The van der Waals surface area contributed by atoms with E-state index in [0.29, 0.717) is 17.5 Å². The number of carbonyl (C=O) groups is 2. The Labute approximate surface area is 64.4 Å². The van der Waals surface area contributed by atoms with Crippen LogP contribution in [0, 0.1) is 6.92 Å². The quantitative estimate of drug-likeness (QED) is 0.512. The minimum atomic E-state index is -0.0779. The highest BCUT2D eigenvalue weighted by molar-refractivity contribution is 6.01. The summed E-state index contributed by atoms with van der Waals surface area (Å²) in [4.78, 5) is 24.0. The van der Waals surface area contributed by atoms with E-state index in [1.807, 2.05) is 0 Å². The van der Waals surface area contributed by atoms with Crippen LogP contribution in [0.3, 0.4) is 0 Å². The van der Waals surface area contributed by atoms with Gasteiger partial charge in [0.25, 0.3) is 0 Å². The molecular formula is C8H9NO2. The molecule has 1 rings (SSSR count). The first-order valence-electron chi connectivity index (χ1n) is 3.31. The van der Waals surface area contributed by atoms with E-state index >= 15 is 0 Å². The van der Waals surface area contributed by atoms with Gasteiger partial charge in [-0.3, -0.25) is 9.59 Å². The predicted octanol–water partition coefficient (Wildman–Crippen LogP) is 1.34. The van der Waals surface area contributed by atoms with Gasteiger partial charge < -0.3 is 4.98 Å². The molecule has 0 fully saturated rings. The second-order valence-corrected chi connectivity index (χ2v) is 2.43. The highest BCUT2D eigenvalue weighted by Crippen LogP contribution is 2.11. The third-order valence-corrected chi connectivity index (χ3v) is 1.58. The van der Waals surface area contributed by atoms with Gasteiger partial charge in [0.05, 0.1) is 5.69 Å². The molecule has 0 aliphatic heterocycles. The maximum atomic E-state index is 10.9. The molecule has 11 heavy (non-hydrogen) atoms. The average molecular weight is 151 g/mol. The van der Waals surface area contributed by atoms with E-state index in [1.165, 1.54) is 6.92 Å². The van der Waals surface area contributed by atoms with Crippen molar-refractivity contribution in [3.8, 4) is 0 Å². The molecule has 0 saturated heterocycles. The fourth-order valence-electron chi connectivity index (χ4n) is 1.10. The first-order chi connectivity index (χ1) is 5.16. The number of aromatic amines is 1. The van der Waals surface area contributed by atoms with E-state index in [9.17, 15) is 9.59 Å². The third kappa shape index (κ3) is 1.22. The Kier molecular flexibility index (Phi) is 1.89. The maximum Gasteiger partial charge on any atom is 0.167 e. The second kappa shape index (κ2) is 2.70. The molecule has 0 radical (unpaired) electrons. The Bertz CT molecular complexity index is 299. The standard InChI is InChI=1S/C8H9NO2/c1-5-3-9-7(4-10)8(5)6(2)11/h3-4,9H,1-2H3. The molecule has 3 nitrogen and oxygen atoms in total. The summed E-state index contributed by atoms with van der Waals surface area (Å²) in [6.45, 7) is 3.24.